The monoisotopic (exact) mass is 459 g/mol. The third-order valence-corrected chi connectivity index (χ3v) is 7.67. The van der Waals surface area contributed by atoms with Crippen molar-refractivity contribution in [3.8, 4) is 6.07 Å². The van der Waals surface area contributed by atoms with Crippen LogP contribution >= 0.6 is 0 Å². The number of nitrogens with one attached hydrogen (secondary N) is 1. The van der Waals surface area contributed by atoms with Crippen LogP contribution in [0.15, 0.2) is 83.8 Å². The van der Waals surface area contributed by atoms with E-state index in [9.17, 15) is 18.5 Å². The normalized spacial score (nSPS) is 14.5. The summed E-state index contributed by atoms with van der Waals surface area (Å²) >= 11 is 0. The van der Waals surface area contributed by atoms with E-state index >= 15 is 0 Å². The molecule has 1 saturated carbocycles. The van der Waals surface area contributed by atoms with Crippen LogP contribution in [0, 0.1) is 18.3 Å². The molecular formula is C26H25N3O3S. The second-order valence-electron chi connectivity index (χ2n) is 8.39. The van der Waals surface area contributed by atoms with Crippen molar-refractivity contribution < 1.29 is 13.2 Å². The Balaban J connectivity index is 1.52. The van der Waals surface area contributed by atoms with Crippen LogP contribution in [0.2, 0.25) is 0 Å². The van der Waals surface area contributed by atoms with Gasteiger partial charge < -0.3 is 5.32 Å². The lowest BCUT2D eigenvalue weighted by molar-refractivity contribution is -0.116. The van der Waals surface area contributed by atoms with E-state index in [1.54, 1.807) is 36.4 Å². The number of anilines is 1. The highest BCUT2D eigenvalue weighted by molar-refractivity contribution is 7.89. The van der Waals surface area contributed by atoms with Gasteiger partial charge in [-0.05, 0) is 55.2 Å². The Morgan fingerprint density at radius 3 is 2.21 bits per heavy atom. The van der Waals surface area contributed by atoms with Gasteiger partial charge in [-0.2, -0.15) is 9.57 Å². The minimum absolute atomic E-state index is 0.0775. The van der Waals surface area contributed by atoms with Crippen molar-refractivity contribution in [2.45, 2.75) is 36.6 Å². The molecule has 1 amide bonds. The number of hydrogen-bond donors (Lipinski definition) is 1. The van der Waals surface area contributed by atoms with E-state index in [-0.39, 0.29) is 18.0 Å². The van der Waals surface area contributed by atoms with Gasteiger partial charge in [-0.3, -0.25) is 4.79 Å². The van der Waals surface area contributed by atoms with E-state index in [0.29, 0.717) is 5.69 Å². The lowest BCUT2D eigenvalue weighted by Gasteiger charge is -2.22. The Labute approximate surface area is 194 Å². The summed E-state index contributed by atoms with van der Waals surface area (Å²) < 4.78 is 27.9. The first-order valence-corrected chi connectivity index (χ1v) is 12.2. The van der Waals surface area contributed by atoms with E-state index in [0.717, 1.165) is 29.5 Å². The minimum Gasteiger partial charge on any atom is -0.325 e. The molecule has 3 aromatic carbocycles. The summed E-state index contributed by atoms with van der Waals surface area (Å²) in [5.41, 5.74) is 2.85. The van der Waals surface area contributed by atoms with Crippen LogP contribution in [0.4, 0.5) is 5.69 Å². The number of rotatable bonds is 8. The standard InChI is InChI=1S/C26H25N3O3S/c1-20-7-13-24(14-8-20)33(31,32)29(17-21-5-3-2-4-6-21)18-25(30)28-23-11-9-22(10-12-23)26(19-27)15-16-26/h2-14H,15-18H2,1H3,(H,28,30). The van der Waals surface area contributed by atoms with Gasteiger partial charge >= 0.3 is 0 Å². The highest BCUT2D eigenvalue weighted by atomic mass is 32.2. The van der Waals surface area contributed by atoms with Crippen LogP contribution in [-0.4, -0.2) is 25.2 Å². The number of hydrogen-bond acceptors (Lipinski definition) is 4. The fourth-order valence-corrected chi connectivity index (χ4v) is 5.08. The maximum Gasteiger partial charge on any atom is 0.243 e. The molecule has 1 fully saturated rings. The maximum absolute atomic E-state index is 13.3. The molecule has 0 bridgehead atoms. The van der Waals surface area contributed by atoms with Gasteiger partial charge in [0.05, 0.1) is 22.9 Å². The van der Waals surface area contributed by atoms with Crippen molar-refractivity contribution in [2.75, 3.05) is 11.9 Å². The van der Waals surface area contributed by atoms with Gasteiger partial charge in [0, 0.05) is 12.2 Å². The average molecular weight is 460 g/mol. The number of benzene rings is 3. The molecular weight excluding hydrogens is 434 g/mol. The SMILES string of the molecule is Cc1ccc(S(=O)(=O)N(CC(=O)Nc2ccc(C3(C#N)CC3)cc2)Cc2ccccc2)cc1. The molecule has 33 heavy (non-hydrogen) atoms. The molecule has 0 unspecified atom stereocenters. The van der Waals surface area contributed by atoms with Crippen LogP contribution < -0.4 is 5.32 Å². The second kappa shape index (κ2) is 9.18. The van der Waals surface area contributed by atoms with Gasteiger partial charge in [-0.25, -0.2) is 8.42 Å². The Hall–Kier alpha value is -3.47. The predicted octanol–water partition coefficient (Wildman–Crippen LogP) is 4.38. The molecule has 0 aromatic heterocycles. The van der Waals surface area contributed by atoms with Crippen molar-refractivity contribution in [2.24, 2.45) is 0 Å². The third kappa shape index (κ3) is 5.14. The molecule has 0 heterocycles. The summed E-state index contributed by atoms with van der Waals surface area (Å²) in [4.78, 5) is 13.0. The van der Waals surface area contributed by atoms with Crippen LogP contribution in [0.1, 0.15) is 29.5 Å². The average Bonchev–Trinajstić information content (AvgIpc) is 3.61. The Morgan fingerprint density at radius 1 is 1.00 bits per heavy atom. The summed E-state index contributed by atoms with van der Waals surface area (Å²) in [5.74, 6) is -0.434. The zero-order chi connectivity index (χ0) is 23.5. The minimum atomic E-state index is -3.89. The number of aryl methyl sites for hydroxylation is 1. The van der Waals surface area contributed by atoms with Crippen molar-refractivity contribution in [1.29, 1.82) is 5.26 Å². The first kappa shape index (κ1) is 22.7. The topological polar surface area (TPSA) is 90.3 Å². The van der Waals surface area contributed by atoms with Gasteiger partial charge in [-0.1, -0.05) is 60.2 Å². The van der Waals surface area contributed by atoms with Gasteiger partial charge in [0.15, 0.2) is 0 Å². The lowest BCUT2D eigenvalue weighted by atomic mass is 9.98. The second-order valence-corrected chi connectivity index (χ2v) is 10.3. The fourth-order valence-electron chi connectivity index (χ4n) is 3.70. The smallest absolute Gasteiger partial charge is 0.243 e. The number of sulfonamides is 1. The molecule has 6 nitrogen and oxygen atoms in total. The molecule has 0 spiro atoms. The molecule has 0 saturated heterocycles. The van der Waals surface area contributed by atoms with E-state index in [4.69, 9.17) is 0 Å². The highest BCUT2D eigenvalue weighted by Crippen LogP contribution is 2.47. The lowest BCUT2D eigenvalue weighted by Crippen LogP contribution is -2.37. The molecule has 1 N–H and O–H groups in total. The van der Waals surface area contributed by atoms with Crippen molar-refractivity contribution >= 4 is 21.6 Å². The van der Waals surface area contributed by atoms with Gasteiger partial charge in [0.2, 0.25) is 15.9 Å². The van der Waals surface area contributed by atoms with Crippen LogP contribution in [-0.2, 0) is 26.8 Å². The zero-order valence-corrected chi connectivity index (χ0v) is 19.2. The van der Waals surface area contributed by atoms with E-state index in [2.05, 4.69) is 11.4 Å². The highest BCUT2D eigenvalue weighted by Gasteiger charge is 2.44. The summed E-state index contributed by atoms with van der Waals surface area (Å²) in [6.07, 6.45) is 1.70. The Morgan fingerprint density at radius 2 is 1.64 bits per heavy atom. The molecule has 1 aliphatic rings. The molecule has 0 radical (unpaired) electrons. The molecule has 168 valence electrons. The molecule has 0 atom stereocenters. The largest absolute Gasteiger partial charge is 0.325 e. The van der Waals surface area contributed by atoms with Crippen molar-refractivity contribution in [3.05, 3.63) is 95.6 Å². The number of nitriles is 1. The van der Waals surface area contributed by atoms with Crippen LogP contribution in [0.5, 0.6) is 0 Å². The van der Waals surface area contributed by atoms with E-state index in [1.807, 2.05) is 49.4 Å². The molecule has 0 aliphatic heterocycles. The van der Waals surface area contributed by atoms with Crippen molar-refractivity contribution in [3.63, 3.8) is 0 Å². The summed E-state index contributed by atoms with van der Waals surface area (Å²) in [6.45, 7) is 1.64. The number of amides is 1. The molecule has 7 heteroatoms. The number of carbonyl (C=O) groups excluding carboxylic acids is 1. The Kier molecular flexibility index (Phi) is 6.32. The molecule has 1 aliphatic carbocycles. The Bertz CT molecular complexity index is 1280. The summed E-state index contributed by atoms with van der Waals surface area (Å²) in [6, 6.07) is 25.3. The first-order chi connectivity index (χ1) is 15.8. The van der Waals surface area contributed by atoms with Crippen molar-refractivity contribution in [1.82, 2.24) is 4.31 Å². The summed E-state index contributed by atoms with van der Waals surface area (Å²) in [7, 11) is -3.89. The van der Waals surface area contributed by atoms with Crippen LogP contribution in [0.25, 0.3) is 0 Å². The van der Waals surface area contributed by atoms with E-state index in [1.165, 1.54) is 4.31 Å². The van der Waals surface area contributed by atoms with Crippen LogP contribution in [0.3, 0.4) is 0 Å². The van der Waals surface area contributed by atoms with Gasteiger partial charge in [-0.15, -0.1) is 0 Å². The summed E-state index contributed by atoms with van der Waals surface area (Å²) in [5, 5.41) is 12.1. The van der Waals surface area contributed by atoms with Gasteiger partial charge in [0.1, 0.15) is 0 Å². The molecule has 3 aromatic rings. The third-order valence-electron chi connectivity index (χ3n) is 5.87. The zero-order valence-electron chi connectivity index (χ0n) is 18.4. The van der Waals surface area contributed by atoms with Gasteiger partial charge in [0.25, 0.3) is 0 Å². The maximum atomic E-state index is 13.3. The fraction of sp³-hybridized carbons (Fsp3) is 0.231. The predicted molar refractivity (Wildman–Crippen MR) is 127 cm³/mol. The molecule has 4 rings (SSSR count). The number of carbonyl (C=O) groups is 1. The number of nitrogens with zero attached hydrogens (tertiary/aromatic N) is 2. The quantitative estimate of drug-likeness (QED) is 0.541. The van der Waals surface area contributed by atoms with E-state index < -0.39 is 21.3 Å². The first-order valence-electron chi connectivity index (χ1n) is 10.7.